The van der Waals surface area contributed by atoms with Crippen molar-refractivity contribution in [2.75, 3.05) is 5.32 Å². The van der Waals surface area contributed by atoms with Crippen molar-refractivity contribution in [1.82, 2.24) is 4.98 Å². The van der Waals surface area contributed by atoms with Crippen LogP contribution in [0.1, 0.15) is 0 Å². The van der Waals surface area contributed by atoms with Crippen molar-refractivity contribution in [2.24, 2.45) is 10.2 Å². The van der Waals surface area contributed by atoms with Crippen LogP contribution in [0.2, 0.25) is 0 Å². The zero-order valence-electron chi connectivity index (χ0n) is 13.5. The van der Waals surface area contributed by atoms with Crippen molar-refractivity contribution >= 4 is 39.6 Å². The number of benzene rings is 2. The molecule has 3 aromatic rings. The lowest BCUT2D eigenvalue weighted by Gasteiger charge is -2.08. The van der Waals surface area contributed by atoms with Crippen LogP contribution in [0.4, 0.5) is 33.3 Å². The van der Waals surface area contributed by atoms with Crippen molar-refractivity contribution in [1.29, 1.82) is 0 Å². The number of nitrogens with zero attached hydrogens (tertiary/aromatic N) is 2. The van der Waals surface area contributed by atoms with E-state index in [4.69, 9.17) is 12.2 Å². The van der Waals surface area contributed by atoms with Crippen LogP contribution in [-0.2, 0) is 0 Å². The van der Waals surface area contributed by atoms with Gasteiger partial charge in [-0.1, -0.05) is 0 Å². The van der Waals surface area contributed by atoms with E-state index in [-0.39, 0.29) is 27.4 Å². The predicted molar refractivity (Wildman–Crippen MR) is 93.7 cm³/mol. The summed E-state index contributed by atoms with van der Waals surface area (Å²) in [7, 11) is 0. The Hall–Kier alpha value is -3.28. The molecule has 0 saturated heterocycles. The Balaban J connectivity index is 1.85. The number of rotatable bonds is 3. The minimum absolute atomic E-state index is 0.0227. The second-order valence-corrected chi connectivity index (χ2v) is 5.75. The Bertz CT molecular complexity index is 1060. The van der Waals surface area contributed by atoms with E-state index in [1.807, 2.05) is 0 Å². The number of fused-ring (bicyclic) bond motifs is 1. The van der Waals surface area contributed by atoms with E-state index < -0.39 is 29.6 Å². The Labute approximate surface area is 158 Å². The number of halogens is 5. The molecule has 0 saturated carbocycles. The highest BCUT2D eigenvalue weighted by Crippen LogP contribution is 2.38. The summed E-state index contributed by atoms with van der Waals surface area (Å²) in [5.41, 5.74) is 0.0507. The summed E-state index contributed by atoms with van der Waals surface area (Å²) in [6.45, 7) is 0. The van der Waals surface area contributed by atoms with Crippen LogP contribution in [0.3, 0.4) is 0 Å². The number of azo groups is 1. The Morgan fingerprint density at radius 3 is 2.43 bits per heavy atom. The van der Waals surface area contributed by atoms with Gasteiger partial charge < -0.3 is 20.1 Å². The summed E-state index contributed by atoms with van der Waals surface area (Å²) in [6.07, 6.45) is -4.89. The number of nitrogens with one attached hydrogen (secondary N) is 2. The summed E-state index contributed by atoms with van der Waals surface area (Å²) in [4.78, 5) is 2.51. The van der Waals surface area contributed by atoms with Crippen molar-refractivity contribution in [2.45, 2.75) is 6.36 Å². The maximum Gasteiger partial charge on any atom is 0.573 e. The topological polar surface area (TPSA) is 82.0 Å². The number of H-pyrrole nitrogens is 1. The van der Waals surface area contributed by atoms with Gasteiger partial charge in [-0.05, 0) is 42.5 Å². The molecule has 0 fully saturated rings. The number of hydrogen-bond acceptors (Lipinski definition) is 4. The van der Waals surface area contributed by atoms with Crippen molar-refractivity contribution in [3.05, 3.63) is 48.0 Å². The normalized spacial score (nSPS) is 11.9. The van der Waals surface area contributed by atoms with Gasteiger partial charge in [0, 0.05) is 17.1 Å². The van der Waals surface area contributed by atoms with Gasteiger partial charge in [-0.2, -0.15) is 0 Å². The first-order chi connectivity index (χ1) is 13.1. The fourth-order valence-electron chi connectivity index (χ4n) is 2.31. The first-order valence-electron chi connectivity index (χ1n) is 7.40. The standard InChI is InChI=1S/C16H9F5N4O2S/c17-7-3-8(18)5-9(4-7)22-15(28)25-24-13-11-6-10(27-16(19,20)21)1-2-12(11)23-14(13)26/h1-6,23,26H,(H,22,28). The van der Waals surface area contributed by atoms with Crippen LogP contribution < -0.4 is 10.1 Å². The summed E-state index contributed by atoms with van der Waals surface area (Å²) in [6, 6.07) is 5.91. The number of alkyl halides is 3. The molecule has 1 heterocycles. The first kappa shape index (κ1) is 19.5. The number of aromatic nitrogens is 1. The molecule has 0 atom stereocenters. The number of aromatic amines is 1. The quantitative estimate of drug-likeness (QED) is 0.298. The summed E-state index contributed by atoms with van der Waals surface area (Å²) in [5.74, 6) is -2.67. The molecule has 0 aliphatic heterocycles. The summed E-state index contributed by atoms with van der Waals surface area (Å²) >= 11 is 4.88. The van der Waals surface area contributed by atoms with Crippen molar-refractivity contribution < 1.29 is 31.8 Å². The second kappa shape index (κ2) is 7.38. The third kappa shape index (κ3) is 4.71. The van der Waals surface area contributed by atoms with Crippen LogP contribution in [0, 0.1) is 11.6 Å². The Morgan fingerprint density at radius 2 is 1.79 bits per heavy atom. The van der Waals surface area contributed by atoms with E-state index in [1.165, 1.54) is 6.07 Å². The smallest absolute Gasteiger partial charge is 0.493 e. The molecule has 3 rings (SSSR count). The molecule has 0 radical (unpaired) electrons. The van der Waals surface area contributed by atoms with Gasteiger partial charge in [-0.15, -0.1) is 23.4 Å². The number of anilines is 1. The van der Waals surface area contributed by atoms with Gasteiger partial charge in [0.15, 0.2) is 5.69 Å². The molecular formula is C16H9F5N4O2S. The van der Waals surface area contributed by atoms with Crippen LogP contribution in [0.5, 0.6) is 11.6 Å². The zero-order valence-corrected chi connectivity index (χ0v) is 14.3. The van der Waals surface area contributed by atoms with Crippen molar-refractivity contribution in [3.8, 4) is 11.6 Å². The summed E-state index contributed by atoms with van der Waals surface area (Å²) in [5, 5.41) is 19.4. The molecule has 28 heavy (non-hydrogen) atoms. The number of hydrogen-bond donors (Lipinski definition) is 3. The van der Waals surface area contributed by atoms with E-state index >= 15 is 0 Å². The Kier molecular flexibility index (Phi) is 5.14. The van der Waals surface area contributed by atoms with Gasteiger partial charge in [-0.25, -0.2) is 8.78 Å². The Morgan fingerprint density at radius 1 is 1.11 bits per heavy atom. The lowest BCUT2D eigenvalue weighted by molar-refractivity contribution is -0.274. The molecule has 0 aliphatic rings. The molecule has 3 N–H and O–H groups in total. The van der Waals surface area contributed by atoms with Crippen LogP contribution >= 0.6 is 12.2 Å². The molecule has 0 spiro atoms. The van der Waals surface area contributed by atoms with Crippen molar-refractivity contribution in [3.63, 3.8) is 0 Å². The minimum Gasteiger partial charge on any atom is -0.493 e. The molecule has 1 aromatic heterocycles. The predicted octanol–water partition coefficient (Wildman–Crippen LogP) is 5.53. The highest BCUT2D eigenvalue weighted by atomic mass is 32.1. The average molecular weight is 416 g/mol. The van der Waals surface area contributed by atoms with Gasteiger partial charge >= 0.3 is 6.36 Å². The lowest BCUT2D eigenvalue weighted by atomic mass is 10.2. The van der Waals surface area contributed by atoms with E-state index in [0.717, 1.165) is 24.3 Å². The molecule has 12 heteroatoms. The number of ether oxygens (including phenoxy) is 1. The van der Waals surface area contributed by atoms with E-state index in [1.54, 1.807) is 0 Å². The molecule has 0 bridgehead atoms. The van der Waals surface area contributed by atoms with Crippen LogP contribution in [-0.4, -0.2) is 21.6 Å². The zero-order chi connectivity index (χ0) is 20.5. The molecule has 6 nitrogen and oxygen atoms in total. The maximum absolute atomic E-state index is 13.2. The van der Waals surface area contributed by atoms with E-state index in [0.29, 0.717) is 6.07 Å². The molecular weight excluding hydrogens is 407 g/mol. The largest absolute Gasteiger partial charge is 0.573 e. The minimum atomic E-state index is -4.89. The SMILES string of the molecule is Oc1[nH]c2ccc(OC(F)(F)F)cc2c1N=NC(=S)Nc1cc(F)cc(F)c1. The van der Waals surface area contributed by atoms with Crippen LogP contribution in [0.25, 0.3) is 10.9 Å². The number of aromatic hydroxyl groups is 1. The van der Waals surface area contributed by atoms with E-state index in [9.17, 15) is 27.1 Å². The third-order valence-corrected chi connectivity index (χ3v) is 3.50. The van der Waals surface area contributed by atoms with Gasteiger partial charge in [0.05, 0.1) is 5.52 Å². The average Bonchev–Trinajstić information content (AvgIpc) is 2.85. The maximum atomic E-state index is 13.2. The molecule has 0 unspecified atom stereocenters. The molecule has 0 amide bonds. The highest BCUT2D eigenvalue weighted by molar-refractivity contribution is 7.80. The summed E-state index contributed by atoms with van der Waals surface area (Å²) < 4.78 is 67.2. The second-order valence-electron chi connectivity index (χ2n) is 5.37. The molecule has 2 aromatic carbocycles. The fourth-order valence-corrected chi connectivity index (χ4v) is 2.47. The lowest BCUT2D eigenvalue weighted by Crippen LogP contribution is -2.16. The monoisotopic (exact) mass is 416 g/mol. The van der Waals surface area contributed by atoms with Gasteiger partial charge in [0.25, 0.3) is 0 Å². The van der Waals surface area contributed by atoms with E-state index in [2.05, 4.69) is 25.3 Å². The highest BCUT2D eigenvalue weighted by Gasteiger charge is 2.31. The fraction of sp³-hybridized carbons (Fsp3) is 0.0625. The first-order valence-corrected chi connectivity index (χ1v) is 7.81. The number of thiocarbonyl (C=S) groups is 1. The molecule has 146 valence electrons. The van der Waals surface area contributed by atoms with Crippen LogP contribution in [0.15, 0.2) is 46.6 Å². The van der Waals surface area contributed by atoms with Gasteiger partial charge in [0.1, 0.15) is 17.4 Å². The van der Waals surface area contributed by atoms with Gasteiger partial charge in [-0.3, -0.25) is 0 Å². The third-order valence-electron chi connectivity index (χ3n) is 3.31. The molecule has 0 aliphatic carbocycles. The van der Waals surface area contributed by atoms with Gasteiger partial charge in [0.2, 0.25) is 11.0 Å².